The first-order valence-electron chi connectivity index (χ1n) is 9.27. The molecule has 2 N–H and O–H groups in total. The van der Waals surface area contributed by atoms with Gasteiger partial charge in [0.25, 0.3) is 5.91 Å². The van der Waals surface area contributed by atoms with Crippen LogP contribution in [-0.2, 0) is 4.79 Å². The van der Waals surface area contributed by atoms with Crippen molar-refractivity contribution in [3.63, 3.8) is 0 Å². The molecule has 1 aromatic carbocycles. The van der Waals surface area contributed by atoms with Crippen LogP contribution in [0.15, 0.2) is 30.6 Å². The van der Waals surface area contributed by atoms with Gasteiger partial charge in [-0.2, -0.15) is 0 Å². The summed E-state index contributed by atoms with van der Waals surface area (Å²) in [6, 6.07) is 4.95. The minimum absolute atomic E-state index is 0.147. The summed E-state index contributed by atoms with van der Waals surface area (Å²) in [6.45, 7) is 13.6. The van der Waals surface area contributed by atoms with Gasteiger partial charge in [0.2, 0.25) is 5.91 Å². The molecule has 2 amide bonds. The first-order chi connectivity index (χ1) is 12.5. The number of hydrogen-bond donors (Lipinski definition) is 2. The van der Waals surface area contributed by atoms with Gasteiger partial charge in [-0.1, -0.05) is 19.9 Å². The molecule has 1 atom stereocenters. The highest BCUT2D eigenvalue weighted by molar-refractivity contribution is 6.00. The van der Waals surface area contributed by atoms with E-state index in [-0.39, 0.29) is 23.3 Å². The van der Waals surface area contributed by atoms with Crippen LogP contribution in [0.3, 0.4) is 0 Å². The number of nitrogens with zero attached hydrogens (tertiary/aromatic N) is 2. The summed E-state index contributed by atoms with van der Waals surface area (Å²) < 4.78 is 1.88. The average Bonchev–Trinajstić information content (AvgIpc) is 3.04. The van der Waals surface area contributed by atoms with Gasteiger partial charge in [-0.15, -0.1) is 0 Å². The molecule has 146 valence electrons. The van der Waals surface area contributed by atoms with Gasteiger partial charge in [-0.3, -0.25) is 9.59 Å². The van der Waals surface area contributed by atoms with Crippen molar-refractivity contribution >= 4 is 17.5 Å². The van der Waals surface area contributed by atoms with E-state index in [1.54, 1.807) is 18.3 Å². The largest absolute Gasteiger partial charge is 0.347 e. The molecule has 0 spiro atoms. The Kier molecular flexibility index (Phi) is 6.08. The predicted octanol–water partition coefficient (Wildman–Crippen LogP) is 4.04. The Bertz CT molecular complexity index is 831. The third-order valence-electron chi connectivity index (χ3n) is 4.34. The van der Waals surface area contributed by atoms with E-state index in [2.05, 4.69) is 15.6 Å². The highest BCUT2D eigenvalue weighted by Gasteiger charge is 2.22. The summed E-state index contributed by atoms with van der Waals surface area (Å²) in [5, 5.41) is 5.91. The number of rotatable bonds is 5. The summed E-state index contributed by atoms with van der Waals surface area (Å²) in [6.07, 6.45) is 3.53. The van der Waals surface area contributed by atoms with E-state index in [1.807, 2.05) is 65.3 Å². The molecule has 1 unspecified atom stereocenters. The topological polar surface area (TPSA) is 76.0 Å². The SMILES string of the molecule is Cc1c(NC(=O)C(C)n2ccnc2C(C)C)cccc1C(=O)NC(C)(C)C. The highest BCUT2D eigenvalue weighted by atomic mass is 16.2. The van der Waals surface area contributed by atoms with Crippen LogP contribution in [0.4, 0.5) is 5.69 Å². The van der Waals surface area contributed by atoms with Crippen LogP contribution in [0.25, 0.3) is 0 Å². The molecule has 2 aromatic rings. The van der Waals surface area contributed by atoms with E-state index in [9.17, 15) is 9.59 Å². The molecular weight excluding hydrogens is 340 g/mol. The monoisotopic (exact) mass is 370 g/mol. The molecule has 0 saturated carbocycles. The number of benzene rings is 1. The van der Waals surface area contributed by atoms with Crippen molar-refractivity contribution in [2.45, 2.75) is 66.0 Å². The van der Waals surface area contributed by atoms with Crippen molar-refractivity contribution in [1.82, 2.24) is 14.9 Å². The van der Waals surface area contributed by atoms with Gasteiger partial charge in [-0.05, 0) is 52.3 Å². The molecule has 1 heterocycles. The minimum atomic E-state index is -0.406. The second-order valence-corrected chi connectivity index (χ2v) is 8.19. The Labute approximate surface area is 161 Å². The normalized spacial score (nSPS) is 12.7. The molecule has 0 aliphatic rings. The second-order valence-electron chi connectivity index (χ2n) is 8.19. The van der Waals surface area contributed by atoms with Gasteiger partial charge in [0.15, 0.2) is 0 Å². The lowest BCUT2D eigenvalue weighted by molar-refractivity contribution is -0.118. The Morgan fingerprint density at radius 3 is 2.41 bits per heavy atom. The van der Waals surface area contributed by atoms with E-state index >= 15 is 0 Å². The maximum absolute atomic E-state index is 12.8. The highest BCUT2D eigenvalue weighted by Crippen LogP contribution is 2.23. The van der Waals surface area contributed by atoms with Crippen molar-refractivity contribution in [2.24, 2.45) is 0 Å². The number of carbonyl (C=O) groups is 2. The molecule has 27 heavy (non-hydrogen) atoms. The number of amides is 2. The van der Waals surface area contributed by atoms with Gasteiger partial charge in [-0.25, -0.2) is 4.98 Å². The van der Waals surface area contributed by atoms with Crippen LogP contribution >= 0.6 is 0 Å². The third-order valence-corrected chi connectivity index (χ3v) is 4.34. The molecule has 0 radical (unpaired) electrons. The number of anilines is 1. The van der Waals surface area contributed by atoms with Crippen LogP contribution in [0.1, 0.15) is 75.2 Å². The number of hydrogen-bond acceptors (Lipinski definition) is 3. The summed E-state index contributed by atoms with van der Waals surface area (Å²) in [5.41, 5.74) is 1.61. The number of carbonyl (C=O) groups excluding carboxylic acids is 2. The van der Waals surface area contributed by atoms with Crippen LogP contribution in [0, 0.1) is 6.92 Å². The molecule has 6 nitrogen and oxygen atoms in total. The summed E-state index contributed by atoms with van der Waals surface area (Å²) in [5.74, 6) is 0.793. The molecule has 2 rings (SSSR count). The standard InChI is InChI=1S/C21H30N4O2/c1-13(2)18-22-11-12-25(18)15(4)19(26)23-17-10-8-9-16(14(17)3)20(27)24-21(5,6)7/h8-13,15H,1-7H3,(H,23,26)(H,24,27). The van der Waals surface area contributed by atoms with Crippen LogP contribution in [-0.4, -0.2) is 26.9 Å². The Balaban J connectivity index is 2.22. The fourth-order valence-electron chi connectivity index (χ4n) is 2.89. The van der Waals surface area contributed by atoms with Crippen molar-refractivity contribution in [1.29, 1.82) is 0 Å². The number of aromatic nitrogens is 2. The fourth-order valence-corrected chi connectivity index (χ4v) is 2.89. The van der Waals surface area contributed by atoms with Crippen molar-refractivity contribution in [3.05, 3.63) is 47.5 Å². The molecule has 0 bridgehead atoms. The smallest absolute Gasteiger partial charge is 0.252 e. The lowest BCUT2D eigenvalue weighted by Crippen LogP contribution is -2.40. The van der Waals surface area contributed by atoms with Gasteiger partial charge >= 0.3 is 0 Å². The van der Waals surface area contributed by atoms with E-state index < -0.39 is 6.04 Å². The van der Waals surface area contributed by atoms with Gasteiger partial charge in [0, 0.05) is 35.1 Å². The van der Waals surface area contributed by atoms with Crippen LogP contribution < -0.4 is 10.6 Å². The van der Waals surface area contributed by atoms with E-state index in [0.717, 1.165) is 11.4 Å². The molecule has 1 aromatic heterocycles. The molecule has 0 saturated heterocycles. The Morgan fingerprint density at radius 2 is 1.81 bits per heavy atom. The first-order valence-corrected chi connectivity index (χ1v) is 9.27. The van der Waals surface area contributed by atoms with Crippen LogP contribution in [0.2, 0.25) is 0 Å². The van der Waals surface area contributed by atoms with E-state index in [4.69, 9.17) is 0 Å². The van der Waals surface area contributed by atoms with E-state index in [1.165, 1.54) is 0 Å². The van der Waals surface area contributed by atoms with E-state index in [0.29, 0.717) is 11.3 Å². The molecule has 6 heteroatoms. The Hall–Kier alpha value is -2.63. The zero-order valence-corrected chi connectivity index (χ0v) is 17.3. The van der Waals surface area contributed by atoms with Gasteiger partial charge in [0.05, 0.1) is 0 Å². The molecule has 0 aliphatic carbocycles. The summed E-state index contributed by atoms with van der Waals surface area (Å²) >= 11 is 0. The minimum Gasteiger partial charge on any atom is -0.347 e. The molecule has 0 aliphatic heterocycles. The second kappa shape index (κ2) is 7.94. The quantitative estimate of drug-likeness (QED) is 0.834. The molecular formula is C21H30N4O2. The number of imidazole rings is 1. The lowest BCUT2D eigenvalue weighted by Gasteiger charge is -2.22. The van der Waals surface area contributed by atoms with Gasteiger partial charge in [0.1, 0.15) is 11.9 Å². The van der Waals surface area contributed by atoms with Gasteiger partial charge < -0.3 is 15.2 Å². The zero-order chi connectivity index (χ0) is 20.4. The third kappa shape index (κ3) is 4.96. The number of nitrogens with one attached hydrogen (secondary N) is 2. The summed E-state index contributed by atoms with van der Waals surface area (Å²) in [4.78, 5) is 29.7. The zero-order valence-electron chi connectivity index (χ0n) is 17.3. The predicted molar refractivity (Wildman–Crippen MR) is 108 cm³/mol. The maximum atomic E-state index is 12.8. The lowest BCUT2D eigenvalue weighted by atomic mass is 10.0. The van der Waals surface area contributed by atoms with Crippen molar-refractivity contribution in [2.75, 3.05) is 5.32 Å². The first kappa shape index (κ1) is 20.7. The maximum Gasteiger partial charge on any atom is 0.252 e. The fraction of sp³-hybridized carbons (Fsp3) is 0.476. The summed E-state index contributed by atoms with van der Waals surface area (Å²) in [7, 11) is 0. The van der Waals surface area contributed by atoms with Crippen molar-refractivity contribution in [3.8, 4) is 0 Å². The molecule has 0 fully saturated rings. The van der Waals surface area contributed by atoms with Crippen molar-refractivity contribution < 1.29 is 9.59 Å². The Morgan fingerprint density at radius 1 is 1.15 bits per heavy atom. The average molecular weight is 370 g/mol. The van der Waals surface area contributed by atoms with Crippen LogP contribution in [0.5, 0.6) is 0 Å².